The summed E-state index contributed by atoms with van der Waals surface area (Å²) in [4.78, 5) is 0. The molecule has 276 valence electrons. The summed E-state index contributed by atoms with van der Waals surface area (Å²) in [6, 6.07) is 24.2. The van der Waals surface area contributed by atoms with Gasteiger partial charge in [0.05, 0.1) is 0 Å². The highest BCUT2D eigenvalue weighted by Crippen LogP contribution is 2.62. The van der Waals surface area contributed by atoms with Crippen LogP contribution < -0.4 is 15.9 Å². The molecule has 4 heteroatoms. The maximum Gasteiger partial charge on any atom is 0.211 e. The van der Waals surface area contributed by atoms with Crippen molar-refractivity contribution >= 4 is 33.8 Å². The first-order valence-electron chi connectivity index (χ1n) is 20.1. The first kappa shape index (κ1) is 42.5. The van der Waals surface area contributed by atoms with Gasteiger partial charge in [-0.15, -0.1) is 0 Å². The molecule has 0 aliphatic rings. The summed E-state index contributed by atoms with van der Waals surface area (Å²) in [5.74, 6) is 0. The minimum absolute atomic E-state index is 0.0237. The Morgan fingerprint density at radius 2 is 1.06 bits per heavy atom. The van der Waals surface area contributed by atoms with Gasteiger partial charge in [-0.1, -0.05) is 132 Å². The van der Waals surface area contributed by atoms with Gasteiger partial charge in [0, 0.05) is 13.2 Å². The van der Waals surface area contributed by atoms with Crippen molar-refractivity contribution in [3.05, 3.63) is 101 Å². The molecule has 3 rings (SSSR count). The Labute approximate surface area is 312 Å². The number of allylic oxidation sites excluding steroid dienone is 2. The monoisotopic (exact) mass is 719 g/mol. The number of ether oxygens (including phenoxy) is 2. The van der Waals surface area contributed by atoms with Gasteiger partial charge in [0.2, 0.25) is 6.62 Å². The molecular formula is C46H69ClO2P+. The molecule has 3 aromatic rings. The largest absolute Gasteiger partial charge is 0.353 e. The molecule has 3 aromatic carbocycles. The smallest absolute Gasteiger partial charge is 0.211 e. The minimum Gasteiger partial charge on any atom is -0.353 e. The summed E-state index contributed by atoms with van der Waals surface area (Å²) < 4.78 is 12.4. The molecule has 0 amide bonds. The number of unbranched alkanes of at least 4 members (excludes halogenated alkanes) is 12. The van der Waals surface area contributed by atoms with E-state index in [0.717, 1.165) is 58.2 Å². The summed E-state index contributed by atoms with van der Waals surface area (Å²) in [5, 5.41) is 3.84. The van der Waals surface area contributed by atoms with E-state index in [4.69, 9.17) is 20.7 Å². The van der Waals surface area contributed by atoms with E-state index in [1.54, 1.807) is 0 Å². The Balaban J connectivity index is 1.45. The molecule has 2 nitrogen and oxygen atoms in total. The third kappa shape index (κ3) is 14.2. The zero-order chi connectivity index (χ0) is 35.9. The Morgan fingerprint density at radius 1 is 0.560 bits per heavy atom. The molecule has 0 atom stereocenters. The second-order valence-electron chi connectivity index (χ2n) is 14.2. The number of halogens is 1. The molecule has 0 N–H and O–H groups in total. The lowest BCUT2D eigenvalue weighted by atomic mass is 10.0. The first-order chi connectivity index (χ1) is 24.4. The Bertz CT molecular complexity index is 1310. The van der Waals surface area contributed by atoms with Gasteiger partial charge in [-0.05, 0) is 119 Å². The Kier molecular flexibility index (Phi) is 21.3. The van der Waals surface area contributed by atoms with Crippen LogP contribution in [0, 0.1) is 20.8 Å². The van der Waals surface area contributed by atoms with Crippen molar-refractivity contribution in [2.75, 3.05) is 13.2 Å². The summed E-state index contributed by atoms with van der Waals surface area (Å²) in [7, 11) is 0. The van der Waals surface area contributed by atoms with E-state index in [9.17, 15) is 0 Å². The molecule has 0 fully saturated rings. The van der Waals surface area contributed by atoms with Gasteiger partial charge in [0.1, 0.15) is 27.2 Å². The maximum atomic E-state index is 7.95. The highest BCUT2D eigenvalue weighted by atomic mass is 35.7. The molecule has 0 unspecified atom stereocenters. The number of aryl methyl sites for hydroxylation is 3. The molecule has 50 heavy (non-hydrogen) atoms. The molecule has 0 saturated heterocycles. The van der Waals surface area contributed by atoms with Crippen molar-refractivity contribution in [1.82, 2.24) is 0 Å². The fourth-order valence-electron chi connectivity index (χ4n) is 6.93. The highest BCUT2D eigenvalue weighted by Gasteiger charge is 2.48. The van der Waals surface area contributed by atoms with Crippen LogP contribution in [0.1, 0.15) is 145 Å². The van der Waals surface area contributed by atoms with Crippen LogP contribution in [0.3, 0.4) is 0 Å². The van der Waals surface area contributed by atoms with Crippen molar-refractivity contribution in [3.63, 3.8) is 0 Å². The number of hydrogen-bond donors (Lipinski definition) is 0. The Morgan fingerprint density at radius 3 is 1.62 bits per heavy atom. The maximum absolute atomic E-state index is 7.95. The zero-order valence-corrected chi connectivity index (χ0v) is 34.0. The quantitative estimate of drug-likeness (QED) is 0.0338. The average molecular weight is 720 g/mol. The second-order valence-corrected chi connectivity index (χ2v) is 18.4. The van der Waals surface area contributed by atoms with Crippen LogP contribution in [0.2, 0.25) is 0 Å². The zero-order valence-electron chi connectivity index (χ0n) is 32.4. The lowest BCUT2D eigenvalue weighted by Gasteiger charge is -2.24. The molecular weight excluding hydrogens is 651 g/mol. The van der Waals surface area contributed by atoms with Crippen molar-refractivity contribution in [2.45, 2.75) is 156 Å². The summed E-state index contributed by atoms with van der Waals surface area (Å²) in [6.07, 6.45) is 26.6. The summed E-state index contributed by atoms with van der Waals surface area (Å²) in [6.45, 7) is 10.6. The number of benzene rings is 3. The van der Waals surface area contributed by atoms with Gasteiger partial charge in [-0.25, -0.2) is 0 Å². The molecule has 0 aliphatic carbocycles. The summed E-state index contributed by atoms with van der Waals surface area (Å²) in [5.41, 5.74) is 5.29. The predicted octanol–water partition coefficient (Wildman–Crippen LogP) is 13.2. The molecule has 0 aromatic heterocycles. The van der Waals surface area contributed by atoms with Crippen LogP contribution in [0.4, 0.5) is 0 Å². The van der Waals surface area contributed by atoms with E-state index in [2.05, 4.69) is 114 Å². The van der Waals surface area contributed by atoms with E-state index >= 15 is 0 Å². The van der Waals surface area contributed by atoms with Gasteiger partial charge in [-0.2, -0.15) is 0 Å². The molecule has 0 saturated carbocycles. The standard InChI is InChI=1S/C46H69ClO2P/c1-6-8-10-18-26-37-48-46(49-38-27-19-11-9-7-2)36-21-17-15-13-12-14-16-20-31-42-32-28-35-45(41(42)5)50(47,43-33-24-22-29-39(43)3)44-34-25-23-30-40(44)4/h12,14,22-25,28-30,32-35,46H,6-11,13,15-21,26-27,31,36-38H2,1-5H3/q+1/b14-12+. The van der Waals surface area contributed by atoms with E-state index in [1.807, 2.05) is 0 Å². The van der Waals surface area contributed by atoms with Gasteiger partial charge < -0.3 is 9.47 Å². The highest BCUT2D eigenvalue weighted by molar-refractivity contribution is 8.15. The lowest BCUT2D eigenvalue weighted by Crippen LogP contribution is -2.32. The normalized spacial score (nSPS) is 12.1. The van der Waals surface area contributed by atoms with E-state index in [1.165, 1.54) is 109 Å². The fraction of sp³-hybridized carbons (Fsp3) is 0.565. The first-order valence-corrected chi connectivity index (χ1v) is 22.8. The topological polar surface area (TPSA) is 18.5 Å². The minimum atomic E-state index is -2.32. The number of rotatable bonds is 27. The van der Waals surface area contributed by atoms with Crippen molar-refractivity contribution in [1.29, 1.82) is 0 Å². The van der Waals surface area contributed by atoms with Crippen LogP contribution in [-0.2, 0) is 15.9 Å². The van der Waals surface area contributed by atoms with Crippen LogP contribution in [-0.4, -0.2) is 19.5 Å². The van der Waals surface area contributed by atoms with Crippen molar-refractivity contribution < 1.29 is 9.47 Å². The Hall–Kier alpha value is -1.96. The number of hydrogen-bond acceptors (Lipinski definition) is 2. The third-order valence-corrected chi connectivity index (χ3v) is 15.2. The van der Waals surface area contributed by atoms with Gasteiger partial charge >= 0.3 is 0 Å². The van der Waals surface area contributed by atoms with E-state index in [0.29, 0.717) is 0 Å². The molecule has 0 aliphatic heterocycles. The molecule has 0 radical (unpaired) electrons. The van der Waals surface area contributed by atoms with Crippen molar-refractivity contribution in [3.8, 4) is 0 Å². The SMILES string of the molecule is CCCCCCCOC(CCCCC/C=C/CCCc1cccc([P+](Cl)(c2ccccc2C)c2ccccc2C)c1C)OCCCCCCC. The summed E-state index contributed by atoms with van der Waals surface area (Å²) >= 11 is 7.95. The van der Waals surface area contributed by atoms with Crippen LogP contribution >= 0.6 is 17.9 Å². The van der Waals surface area contributed by atoms with Crippen LogP contribution in [0.25, 0.3) is 0 Å². The van der Waals surface area contributed by atoms with Gasteiger partial charge in [0.25, 0.3) is 0 Å². The van der Waals surface area contributed by atoms with Gasteiger partial charge in [0.15, 0.2) is 6.29 Å². The molecule has 0 bridgehead atoms. The van der Waals surface area contributed by atoms with Gasteiger partial charge in [-0.3, -0.25) is 0 Å². The predicted molar refractivity (Wildman–Crippen MR) is 224 cm³/mol. The lowest BCUT2D eigenvalue weighted by molar-refractivity contribution is -0.148. The fourth-order valence-corrected chi connectivity index (χ4v) is 12.0. The van der Waals surface area contributed by atoms with E-state index < -0.39 is 6.62 Å². The van der Waals surface area contributed by atoms with Crippen LogP contribution in [0.5, 0.6) is 0 Å². The molecule has 0 spiro atoms. The van der Waals surface area contributed by atoms with E-state index in [-0.39, 0.29) is 6.29 Å². The average Bonchev–Trinajstić information content (AvgIpc) is 3.12. The third-order valence-electron chi connectivity index (χ3n) is 10.0. The second kappa shape index (κ2) is 25.1. The molecule has 0 heterocycles. The van der Waals surface area contributed by atoms with Crippen molar-refractivity contribution in [2.24, 2.45) is 0 Å². The van der Waals surface area contributed by atoms with Crippen LogP contribution in [0.15, 0.2) is 78.9 Å².